The second kappa shape index (κ2) is 16.6. The zero-order chi connectivity index (χ0) is 31.3. The lowest BCUT2D eigenvalue weighted by molar-refractivity contribution is -0.138. The van der Waals surface area contributed by atoms with Crippen molar-refractivity contribution in [3.8, 4) is 0 Å². The number of rotatable bonds is 15. The molecule has 4 heteroatoms. The summed E-state index contributed by atoms with van der Waals surface area (Å²) in [6.45, 7) is 11.0. The fourth-order valence-electron chi connectivity index (χ4n) is 6.10. The lowest BCUT2D eigenvalue weighted by Crippen LogP contribution is -2.38. The molecule has 230 valence electrons. The van der Waals surface area contributed by atoms with Crippen molar-refractivity contribution in [2.75, 3.05) is 0 Å². The summed E-state index contributed by atoms with van der Waals surface area (Å²) in [5.41, 5.74) is 4.47. The van der Waals surface area contributed by atoms with Crippen LogP contribution in [0.1, 0.15) is 62.8 Å². The van der Waals surface area contributed by atoms with Crippen molar-refractivity contribution < 1.29 is 9.59 Å². The van der Waals surface area contributed by atoms with E-state index in [0.717, 1.165) is 22.3 Å². The Kier molecular flexibility index (Phi) is 12.4. The van der Waals surface area contributed by atoms with Crippen molar-refractivity contribution in [3.05, 3.63) is 144 Å². The topological polar surface area (TPSA) is 40.6 Å². The average Bonchev–Trinajstić information content (AvgIpc) is 3.03. The summed E-state index contributed by atoms with van der Waals surface area (Å²) >= 11 is 0. The van der Waals surface area contributed by atoms with Gasteiger partial charge in [-0.3, -0.25) is 9.59 Å². The highest BCUT2D eigenvalue weighted by molar-refractivity contribution is 5.78. The number of benzene rings is 4. The standard InChI is InChI=1S/C40H48N2O2/c1-31(2)37(25-39(43)41(27-33-17-9-5-10-18-33)28-34-19-11-6-12-20-34)38(32(3)4)26-40(44)42(29-35-21-13-7-14-22-35)30-36-23-15-8-16-24-36/h5-24,31-32,37-38H,25-30H2,1-4H3. The number of nitrogens with zero attached hydrogens (tertiary/aromatic N) is 2. The van der Waals surface area contributed by atoms with Gasteiger partial charge in [0.2, 0.25) is 11.8 Å². The van der Waals surface area contributed by atoms with E-state index in [1.165, 1.54) is 0 Å². The minimum absolute atomic E-state index is 0.0794. The van der Waals surface area contributed by atoms with E-state index >= 15 is 0 Å². The van der Waals surface area contributed by atoms with E-state index in [0.29, 0.717) is 39.0 Å². The van der Waals surface area contributed by atoms with Gasteiger partial charge in [-0.1, -0.05) is 149 Å². The van der Waals surface area contributed by atoms with Gasteiger partial charge in [0.15, 0.2) is 0 Å². The smallest absolute Gasteiger partial charge is 0.223 e. The molecule has 4 nitrogen and oxygen atoms in total. The molecule has 0 N–H and O–H groups in total. The van der Waals surface area contributed by atoms with E-state index in [1.54, 1.807) is 0 Å². The maximum absolute atomic E-state index is 14.1. The molecule has 2 unspecified atom stereocenters. The Labute approximate surface area is 264 Å². The molecule has 4 rings (SSSR count). The molecule has 44 heavy (non-hydrogen) atoms. The first-order valence-electron chi connectivity index (χ1n) is 16.0. The third-order valence-corrected chi connectivity index (χ3v) is 8.65. The Hall–Kier alpha value is -4.18. The average molecular weight is 589 g/mol. The summed E-state index contributed by atoms with van der Waals surface area (Å²) in [4.78, 5) is 32.2. The molecule has 0 aliphatic carbocycles. The van der Waals surface area contributed by atoms with Gasteiger partial charge < -0.3 is 9.80 Å². The van der Waals surface area contributed by atoms with E-state index in [1.807, 2.05) is 82.6 Å². The molecule has 0 bridgehead atoms. The number of carbonyl (C=O) groups is 2. The van der Waals surface area contributed by atoms with Crippen LogP contribution in [0.25, 0.3) is 0 Å². The van der Waals surface area contributed by atoms with Crippen molar-refractivity contribution >= 4 is 11.8 Å². The molecular formula is C40H48N2O2. The second-order valence-electron chi connectivity index (χ2n) is 12.7. The summed E-state index contributed by atoms with van der Waals surface area (Å²) in [5.74, 6) is 0.948. The van der Waals surface area contributed by atoms with Crippen LogP contribution in [0, 0.1) is 23.7 Å². The zero-order valence-electron chi connectivity index (χ0n) is 26.8. The van der Waals surface area contributed by atoms with E-state index in [9.17, 15) is 9.59 Å². The lowest BCUT2D eigenvalue weighted by Gasteiger charge is -2.35. The van der Waals surface area contributed by atoms with Crippen LogP contribution in [0.2, 0.25) is 0 Å². The highest BCUT2D eigenvalue weighted by atomic mass is 16.2. The molecular weight excluding hydrogens is 540 g/mol. The van der Waals surface area contributed by atoms with Crippen molar-refractivity contribution in [2.24, 2.45) is 23.7 Å². The van der Waals surface area contributed by atoms with Crippen molar-refractivity contribution in [1.82, 2.24) is 9.80 Å². The summed E-state index contributed by atoms with van der Waals surface area (Å²) in [7, 11) is 0. The molecule has 4 aromatic carbocycles. The SMILES string of the molecule is CC(C)C(CC(=O)N(Cc1ccccc1)Cc1ccccc1)C(CC(=O)N(Cc1ccccc1)Cc1ccccc1)C(C)C. The van der Waals surface area contributed by atoms with E-state index in [-0.39, 0.29) is 35.5 Å². The highest BCUT2D eigenvalue weighted by Gasteiger charge is 2.33. The first-order valence-corrected chi connectivity index (χ1v) is 16.0. The van der Waals surface area contributed by atoms with Crippen LogP contribution in [0.15, 0.2) is 121 Å². The number of hydrogen-bond acceptors (Lipinski definition) is 2. The van der Waals surface area contributed by atoms with Crippen LogP contribution in [0.3, 0.4) is 0 Å². The van der Waals surface area contributed by atoms with E-state index in [2.05, 4.69) is 76.2 Å². The Morgan fingerprint density at radius 2 is 0.659 bits per heavy atom. The molecule has 0 fully saturated rings. The van der Waals surface area contributed by atoms with Crippen LogP contribution < -0.4 is 0 Å². The van der Waals surface area contributed by atoms with Gasteiger partial charge in [-0.15, -0.1) is 0 Å². The van der Waals surface area contributed by atoms with E-state index in [4.69, 9.17) is 0 Å². The fraction of sp³-hybridized carbons (Fsp3) is 0.350. The van der Waals surface area contributed by atoms with Gasteiger partial charge in [-0.05, 0) is 45.9 Å². The monoisotopic (exact) mass is 588 g/mol. The van der Waals surface area contributed by atoms with Gasteiger partial charge in [0.05, 0.1) is 0 Å². The summed E-state index contributed by atoms with van der Waals surface area (Å²) in [6, 6.07) is 40.8. The van der Waals surface area contributed by atoms with Gasteiger partial charge in [-0.2, -0.15) is 0 Å². The van der Waals surface area contributed by atoms with Crippen LogP contribution >= 0.6 is 0 Å². The van der Waals surface area contributed by atoms with Crippen LogP contribution in [0.5, 0.6) is 0 Å². The van der Waals surface area contributed by atoms with Gasteiger partial charge in [0, 0.05) is 39.0 Å². The Morgan fingerprint density at radius 1 is 0.432 bits per heavy atom. The predicted molar refractivity (Wildman–Crippen MR) is 180 cm³/mol. The first kappa shape index (κ1) is 32.7. The predicted octanol–water partition coefficient (Wildman–Crippen LogP) is 8.77. The third-order valence-electron chi connectivity index (χ3n) is 8.65. The molecule has 0 aromatic heterocycles. The first-order chi connectivity index (χ1) is 21.3. The van der Waals surface area contributed by atoms with Gasteiger partial charge in [0.1, 0.15) is 0 Å². The molecule has 4 aromatic rings. The molecule has 0 radical (unpaired) electrons. The Balaban J connectivity index is 1.54. The highest BCUT2D eigenvalue weighted by Crippen LogP contribution is 2.35. The minimum Gasteiger partial charge on any atom is -0.334 e. The second-order valence-corrected chi connectivity index (χ2v) is 12.7. The molecule has 0 aliphatic rings. The maximum Gasteiger partial charge on any atom is 0.223 e. The van der Waals surface area contributed by atoms with Gasteiger partial charge in [0.25, 0.3) is 0 Å². The van der Waals surface area contributed by atoms with Crippen molar-refractivity contribution in [3.63, 3.8) is 0 Å². The molecule has 2 atom stereocenters. The summed E-state index contributed by atoms with van der Waals surface area (Å²) < 4.78 is 0. The summed E-state index contributed by atoms with van der Waals surface area (Å²) in [5, 5.41) is 0. The van der Waals surface area contributed by atoms with Crippen LogP contribution in [-0.2, 0) is 35.8 Å². The van der Waals surface area contributed by atoms with Crippen molar-refractivity contribution in [2.45, 2.75) is 66.7 Å². The maximum atomic E-state index is 14.1. The molecule has 0 spiro atoms. The zero-order valence-corrected chi connectivity index (χ0v) is 26.8. The van der Waals surface area contributed by atoms with Crippen LogP contribution in [0.4, 0.5) is 0 Å². The number of hydrogen-bond donors (Lipinski definition) is 0. The molecule has 2 amide bonds. The normalized spacial score (nSPS) is 12.6. The molecule has 0 aliphatic heterocycles. The molecule has 0 saturated heterocycles. The van der Waals surface area contributed by atoms with Gasteiger partial charge >= 0.3 is 0 Å². The number of amides is 2. The summed E-state index contributed by atoms with van der Waals surface area (Å²) in [6.07, 6.45) is 0.843. The van der Waals surface area contributed by atoms with Gasteiger partial charge in [-0.25, -0.2) is 0 Å². The van der Waals surface area contributed by atoms with Crippen molar-refractivity contribution in [1.29, 1.82) is 0 Å². The van der Waals surface area contributed by atoms with E-state index < -0.39 is 0 Å². The lowest BCUT2D eigenvalue weighted by atomic mass is 9.73. The quantitative estimate of drug-likeness (QED) is 0.139. The Bertz CT molecular complexity index is 1210. The molecule has 0 saturated carbocycles. The minimum atomic E-state index is 0.0794. The Morgan fingerprint density at radius 3 is 0.864 bits per heavy atom. The fourth-order valence-corrected chi connectivity index (χ4v) is 6.10. The molecule has 0 heterocycles. The largest absolute Gasteiger partial charge is 0.334 e. The third kappa shape index (κ3) is 9.94. The van der Waals surface area contributed by atoms with Crippen LogP contribution in [-0.4, -0.2) is 21.6 Å². The number of carbonyl (C=O) groups excluding carboxylic acids is 2.